The summed E-state index contributed by atoms with van der Waals surface area (Å²) in [5.41, 5.74) is 5.16. The number of anilines is 1. The van der Waals surface area contributed by atoms with E-state index >= 15 is 0 Å². The van der Waals surface area contributed by atoms with Gasteiger partial charge in [0.1, 0.15) is 5.82 Å². The number of aryl methyl sites for hydroxylation is 2. The number of urea groups is 1. The smallest absolute Gasteiger partial charge is 0.319 e. The Morgan fingerprint density at radius 3 is 2.71 bits per heavy atom. The van der Waals surface area contributed by atoms with Crippen LogP contribution in [0.25, 0.3) is 11.0 Å². The van der Waals surface area contributed by atoms with Crippen molar-refractivity contribution in [1.82, 2.24) is 14.9 Å². The number of amides is 2. The van der Waals surface area contributed by atoms with Crippen molar-refractivity contribution in [2.75, 3.05) is 11.9 Å². The molecule has 0 fully saturated rings. The summed E-state index contributed by atoms with van der Waals surface area (Å²) in [6.45, 7) is 7.25. The number of benzene rings is 2. The Hall–Kier alpha value is -2.82. The number of para-hydroxylation sites is 2. The molecule has 0 aliphatic heterocycles. The van der Waals surface area contributed by atoms with Gasteiger partial charge in [-0.25, -0.2) is 9.78 Å². The van der Waals surface area contributed by atoms with Gasteiger partial charge in [0.05, 0.1) is 11.0 Å². The molecular formula is C19H22N4O. The standard InChI is InChI=1S/C19H22N4O/c1-13-7-6-9-16(14(13)2)22-19(24)20-11-12-23-15(3)21-17-8-4-5-10-18(17)23/h4-10H,11-12H2,1-3H3,(H2,20,22,24). The molecule has 0 bridgehead atoms. The minimum Gasteiger partial charge on any atom is -0.336 e. The first-order valence-corrected chi connectivity index (χ1v) is 8.09. The van der Waals surface area contributed by atoms with Gasteiger partial charge in [0.15, 0.2) is 0 Å². The summed E-state index contributed by atoms with van der Waals surface area (Å²) in [6, 6.07) is 13.7. The van der Waals surface area contributed by atoms with Gasteiger partial charge in [-0.05, 0) is 50.1 Å². The fourth-order valence-corrected chi connectivity index (χ4v) is 2.81. The molecule has 0 aliphatic rings. The molecule has 124 valence electrons. The van der Waals surface area contributed by atoms with Crippen LogP contribution >= 0.6 is 0 Å². The van der Waals surface area contributed by atoms with Crippen LogP contribution in [0.3, 0.4) is 0 Å². The van der Waals surface area contributed by atoms with Crippen LogP contribution in [0.15, 0.2) is 42.5 Å². The Kier molecular flexibility index (Phi) is 4.51. The number of fused-ring (bicyclic) bond motifs is 1. The van der Waals surface area contributed by atoms with Crippen LogP contribution in [0, 0.1) is 20.8 Å². The van der Waals surface area contributed by atoms with E-state index in [2.05, 4.69) is 20.2 Å². The van der Waals surface area contributed by atoms with Crippen LogP contribution in [0.2, 0.25) is 0 Å². The highest BCUT2D eigenvalue weighted by Gasteiger charge is 2.08. The molecule has 0 spiro atoms. The number of nitrogens with one attached hydrogen (secondary N) is 2. The largest absolute Gasteiger partial charge is 0.336 e. The third kappa shape index (κ3) is 3.25. The monoisotopic (exact) mass is 322 g/mol. The zero-order valence-corrected chi connectivity index (χ0v) is 14.3. The van der Waals surface area contributed by atoms with Crippen molar-refractivity contribution in [2.45, 2.75) is 27.3 Å². The summed E-state index contributed by atoms with van der Waals surface area (Å²) >= 11 is 0. The second-order valence-corrected chi connectivity index (χ2v) is 5.93. The van der Waals surface area contributed by atoms with E-state index in [-0.39, 0.29) is 6.03 Å². The zero-order chi connectivity index (χ0) is 17.1. The lowest BCUT2D eigenvalue weighted by Crippen LogP contribution is -2.31. The molecule has 3 aromatic rings. The van der Waals surface area contributed by atoms with Crippen molar-refractivity contribution in [3.8, 4) is 0 Å². The lowest BCUT2D eigenvalue weighted by atomic mass is 10.1. The summed E-state index contributed by atoms with van der Waals surface area (Å²) in [7, 11) is 0. The maximum Gasteiger partial charge on any atom is 0.319 e. The SMILES string of the molecule is Cc1cccc(NC(=O)NCCn2c(C)nc3ccccc32)c1C. The number of rotatable bonds is 4. The summed E-state index contributed by atoms with van der Waals surface area (Å²) < 4.78 is 2.12. The summed E-state index contributed by atoms with van der Waals surface area (Å²) in [6.07, 6.45) is 0. The average Bonchev–Trinajstić information content (AvgIpc) is 2.88. The van der Waals surface area contributed by atoms with E-state index in [9.17, 15) is 4.79 Å². The van der Waals surface area contributed by atoms with E-state index in [1.165, 1.54) is 0 Å². The molecular weight excluding hydrogens is 300 g/mol. The Bertz CT molecular complexity index is 882. The average molecular weight is 322 g/mol. The summed E-state index contributed by atoms with van der Waals surface area (Å²) in [4.78, 5) is 16.6. The van der Waals surface area contributed by atoms with E-state index < -0.39 is 0 Å². The van der Waals surface area contributed by atoms with Crippen LogP contribution < -0.4 is 10.6 Å². The van der Waals surface area contributed by atoms with Crippen LogP contribution in [0.1, 0.15) is 17.0 Å². The van der Waals surface area contributed by atoms with Crippen LogP contribution in [0.5, 0.6) is 0 Å². The van der Waals surface area contributed by atoms with Crippen LogP contribution in [-0.4, -0.2) is 22.1 Å². The summed E-state index contributed by atoms with van der Waals surface area (Å²) in [5, 5.41) is 5.82. The molecule has 1 aromatic heterocycles. The first kappa shape index (κ1) is 16.1. The van der Waals surface area contributed by atoms with Crippen molar-refractivity contribution in [1.29, 1.82) is 0 Å². The van der Waals surface area contributed by atoms with Crippen LogP contribution in [-0.2, 0) is 6.54 Å². The number of carbonyl (C=O) groups excluding carboxylic acids is 1. The summed E-state index contributed by atoms with van der Waals surface area (Å²) in [5.74, 6) is 0.952. The minimum atomic E-state index is -0.189. The number of hydrogen-bond acceptors (Lipinski definition) is 2. The lowest BCUT2D eigenvalue weighted by molar-refractivity contribution is 0.251. The maximum absolute atomic E-state index is 12.1. The number of hydrogen-bond donors (Lipinski definition) is 2. The molecule has 5 nitrogen and oxygen atoms in total. The molecule has 2 amide bonds. The highest BCUT2D eigenvalue weighted by molar-refractivity contribution is 5.90. The number of carbonyl (C=O) groups is 1. The first-order valence-electron chi connectivity index (χ1n) is 8.09. The highest BCUT2D eigenvalue weighted by atomic mass is 16.2. The van der Waals surface area contributed by atoms with Crippen molar-refractivity contribution in [3.05, 3.63) is 59.4 Å². The molecule has 2 N–H and O–H groups in total. The Balaban J connectivity index is 1.60. The Labute approximate surface area is 141 Å². The third-order valence-electron chi connectivity index (χ3n) is 4.32. The molecule has 0 unspecified atom stereocenters. The first-order chi connectivity index (χ1) is 11.6. The molecule has 0 aliphatic carbocycles. The van der Waals surface area contributed by atoms with Gasteiger partial charge in [0, 0.05) is 18.8 Å². The van der Waals surface area contributed by atoms with Crippen molar-refractivity contribution >= 4 is 22.8 Å². The van der Waals surface area contributed by atoms with Gasteiger partial charge in [-0.3, -0.25) is 0 Å². The molecule has 5 heteroatoms. The van der Waals surface area contributed by atoms with Gasteiger partial charge in [0.25, 0.3) is 0 Å². The van der Waals surface area contributed by atoms with Crippen molar-refractivity contribution in [2.24, 2.45) is 0 Å². The molecule has 3 rings (SSSR count). The van der Waals surface area contributed by atoms with Gasteiger partial charge >= 0.3 is 6.03 Å². The number of imidazole rings is 1. The Morgan fingerprint density at radius 2 is 1.88 bits per heavy atom. The van der Waals surface area contributed by atoms with Gasteiger partial charge in [-0.2, -0.15) is 0 Å². The third-order valence-corrected chi connectivity index (χ3v) is 4.32. The predicted molar refractivity (Wildman–Crippen MR) is 97.4 cm³/mol. The predicted octanol–water partition coefficient (Wildman–Crippen LogP) is 3.78. The molecule has 0 atom stereocenters. The van der Waals surface area contributed by atoms with Gasteiger partial charge < -0.3 is 15.2 Å². The fraction of sp³-hybridized carbons (Fsp3) is 0.263. The molecule has 0 saturated carbocycles. The number of aromatic nitrogens is 2. The molecule has 2 aromatic carbocycles. The van der Waals surface area contributed by atoms with E-state index in [0.29, 0.717) is 13.1 Å². The second-order valence-electron chi connectivity index (χ2n) is 5.93. The van der Waals surface area contributed by atoms with E-state index in [0.717, 1.165) is 33.7 Å². The van der Waals surface area contributed by atoms with Crippen molar-refractivity contribution in [3.63, 3.8) is 0 Å². The minimum absolute atomic E-state index is 0.189. The lowest BCUT2D eigenvalue weighted by Gasteiger charge is -2.12. The quantitative estimate of drug-likeness (QED) is 0.768. The van der Waals surface area contributed by atoms with E-state index in [4.69, 9.17) is 0 Å². The van der Waals surface area contributed by atoms with Gasteiger partial charge in [-0.1, -0.05) is 24.3 Å². The van der Waals surface area contributed by atoms with E-state index in [1.807, 2.05) is 63.2 Å². The van der Waals surface area contributed by atoms with Gasteiger partial charge in [0.2, 0.25) is 0 Å². The fourth-order valence-electron chi connectivity index (χ4n) is 2.81. The maximum atomic E-state index is 12.1. The molecule has 1 heterocycles. The van der Waals surface area contributed by atoms with Crippen molar-refractivity contribution < 1.29 is 4.79 Å². The Morgan fingerprint density at radius 1 is 1.08 bits per heavy atom. The van der Waals surface area contributed by atoms with Gasteiger partial charge in [-0.15, -0.1) is 0 Å². The van der Waals surface area contributed by atoms with Crippen LogP contribution in [0.4, 0.5) is 10.5 Å². The molecule has 0 radical (unpaired) electrons. The highest BCUT2D eigenvalue weighted by Crippen LogP contribution is 2.18. The molecule has 24 heavy (non-hydrogen) atoms. The second kappa shape index (κ2) is 6.74. The number of nitrogens with zero attached hydrogens (tertiary/aromatic N) is 2. The van der Waals surface area contributed by atoms with E-state index in [1.54, 1.807) is 0 Å². The zero-order valence-electron chi connectivity index (χ0n) is 14.3. The normalized spacial score (nSPS) is 10.8. The topological polar surface area (TPSA) is 59.0 Å². The molecule has 0 saturated heterocycles.